The van der Waals surface area contributed by atoms with Gasteiger partial charge < -0.3 is 24.5 Å². The van der Waals surface area contributed by atoms with Gasteiger partial charge in [-0.25, -0.2) is 0 Å². The van der Waals surface area contributed by atoms with Crippen molar-refractivity contribution in [2.75, 3.05) is 62.7 Å². The summed E-state index contributed by atoms with van der Waals surface area (Å²) in [5.41, 5.74) is 7.83. The number of aryl methyl sites for hydroxylation is 1. The van der Waals surface area contributed by atoms with Crippen LogP contribution in [-0.4, -0.2) is 91.6 Å². The fraction of sp³-hybridized carbons (Fsp3) is 0.468. The van der Waals surface area contributed by atoms with Gasteiger partial charge in [-0.15, -0.1) is 0 Å². The summed E-state index contributed by atoms with van der Waals surface area (Å²) in [4.78, 5) is 46.9. The maximum absolute atomic E-state index is 13.4. The van der Waals surface area contributed by atoms with E-state index in [1.165, 1.54) is 41.6 Å². The molecule has 4 aliphatic heterocycles. The van der Waals surface area contributed by atoms with Crippen molar-refractivity contribution in [1.29, 1.82) is 0 Å². The van der Waals surface area contributed by atoms with E-state index in [2.05, 4.69) is 80.7 Å². The molecule has 0 spiro atoms. The van der Waals surface area contributed by atoms with E-state index in [0.29, 0.717) is 47.8 Å². The molecule has 4 atom stereocenters. The number of methoxy groups -OCH3 is 1. The van der Waals surface area contributed by atoms with Crippen molar-refractivity contribution in [3.05, 3.63) is 107 Å². The van der Waals surface area contributed by atoms with Crippen LogP contribution in [0.5, 0.6) is 11.5 Å². The average molecular weight is 770 g/mol. The predicted molar refractivity (Wildman–Crippen MR) is 222 cm³/mol. The van der Waals surface area contributed by atoms with Crippen LogP contribution >= 0.6 is 0 Å². The Hall–Kier alpha value is -5.09. The second-order valence-electron chi connectivity index (χ2n) is 17.0. The number of amides is 3. The highest BCUT2D eigenvalue weighted by Crippen LogP contribution is 2.47. The van der Waals surface area contributed by atoms with Crippen LogP contribution < -0.4 is 19.9 Å². The predicted octanol–water partition coefficient (Wildman–Crippen LogP) is 6.42. The normalized spacial score (nSPS) is 25.4. The van der Waals surface area contributed by atoms with E-state index in [1.807, 2.05) is 18.2 Å². The van der Waals surface area contributed by atoms with E-state index >= 15 is 0 Å². The molecule has 3 aromatic carbocycles. The number of phenolic OH excluding ortho intramolecular Hbond substituents is 1. The number of rotatable bonds is 9. The Labute approximate surface area is 336 Å². The van der Waals surface area contributed by atoms with E-state index in [-0.39, 0.29) is 18.2 Å². The maximum Gasteiger partial charge on any atom is 0.258 e. The quantitative estimate of drug-likeness (QED) is 0.241. The number of anilines is 2. The second kappa shape index (κ2) is 16.0. The van der Waals surface area contributed by atoms with E-state index < -0.39 is 11.9 Å². The zero-order valence-corrected chi connectivity index (χ0v) is 33.1. The summed E-state index contributed by atoms with van der Waals surface area (Å²) in [6, 6.07) is 18.9. The highest BCUT2D eigenvalue weighted by atomic mass is 16.5. The number of fused-ring (bicyclic) bond motifs is 2. The molecule has 0 bridgehead atoms. The molecule has 10 heteroatoms. The number of benzene rings is 3. The number of carbonyl (C=O) groups is 3. The van der Waals surface area contributed by atoms with Crippen molar-refractivity contribution in [2.45, 2.75) is 69.9 Å². The van der Waals surface area contributed by atoms with Gasteiger partial charge in [0.15, 0.2) is 0 Å². The molecule has 0 aromatic heterocycles. The van der Waals surface area contributed by atoms with Crippen molar-refractivity contribution in [1.82, 2.24) is 15.1 Å². The van der Waals surface area contributed by atoms with Crippen LogP contribution in [0.3, 0.4) is 0 Å². The molecule has 2 aliphatic carbocycles. The lowest BCUT2D eigenvalue weighted by Gasteiger charge is -2.39. The van der Waals surface area contributed by atoms with E-state index in [0.717, 1.165) is 82.2 Å². The summed E-state index contributed by atoms with van der Waals surface area (Å²) in [5, 5.41) is 12.6. The Balaban J connectivity index is 0.766. The zero-order valence-electron chi connectivity index (χ0n) is 33.1. The average Bonchev–Trinajstić information content (AvgIpc) is 3.58. The molecule has 0 saturated carbocycles. The van der Waals surface area contributed by atoms with Crippen LogP contribution in [0.4, 0.5) is 11.4 Å². The number of piperidine rings is 2. The molecule has 4 heterocycles. The number of imide groups is 1. The van der Waals surface area contributed by atoms with Gasteiger partial charge in [0, 0.05) is 75.6 Å². The molecule has 9 rings (SSSR count). The molecule has 3 fully saturated rings. The molecule has 3 amide bonds. The lowest BCUT2D eigenvalue weighted by Crippen LogP contribution is -2.52. The fourth-order valence-electron chi connectivity index (χ4n) is 10.6. The number of allylic oxidation sites excluding steroid dienone is 4. The van der Waals surface area contributed by atoms with Gasteiger partial charge in [0.1, 0.15) is 17.5 Å². The highest BCUT2D eigenvalue weighted by molar-refractivity contribution is 6.06. The van der Waals surface area contributed by atoms with Crippen LogP contribution in [-0.2, 0) is 22.6 Å². The van der Waals surface area contributed by atoms with E-state index in [9.17, 15) is 19.5 Å². The molecule has 2 unspecified atom stereocenters. The van der Waals surface area contributed by atoms with Gasteiger partial charge in [0.05, 0.1) is 12.7 Å². The van der Waals surface area contributed by atoms with E-state index in [1.54, 1.807) is 12.0 Å². The smallest absolute Gasteiger partial charge is 0.258 e. The minimum atomic E-state index is -0.642. The second-order valence-corrected chi connectivity index (χ2v) is 17.0. The van der Waals surface area contributed by atoms with Gasteiger partial charge >= 0.3 is 0 Å². The Bertz CT molecular complexity index is 2060. The lowest BCUT2D eigenvalue weighted by atomic mass is 9.66. The van der Waals surface area contributed by atoms with Crippen molar-refractivity contribution in [3.8, 4) is 11.5 Å². The number of piperazine rings is 1. The summed E-state index contributed by atoms with van der Waals surface area (Å²) in [5.74, 6) is 2.16. The Morgan fingerprint density at radius 2 is 1.60 bits per heavy atom. The molecular weight excluding hydrogens is 715 g/mol. The lowest BCUT2D eigenvalue weighted by molar-refractivity contribution is -0.136. The summed E-state index contributed by atoms with van der Waals surface area (Å²) in [7, 11) is 1.59. The Morgan fingerprint density at radius 3 is 2.33 bits per heavy atom. The zero-order chi connectivity index (χ0) is 39.0. The van der Waals surface area contributed by atoms with Crippen molar-refractivity contribution < 1.29 is 24.2 Å². The molecule has 6 aliphatic rings. The highest BCUT2D eigenvalue weighted by Gasteiger charge is 2.41. The molecule has 10 nitrogen and oxygen atoms in total. The van der Waals surface area contributed by atoms with Gasteiger partial charge in [-0.2, -0.15) is 0 Å². The van der Waals surface area contributed by atoms with Crippen molar-refractivity contribution in [2.24, 2.45) is 17.8 Å². The van der Waals surface area contributed by atoms with Gasteiger partial charge in [0.25, 0.3) is 5.91 Å². The molecule has 0 radical (unpaired) electrons. The molecule has 3 aromatic rings. The number of nitrogens with one attached hydrogen (secondary N) is 1. The number of ether oxygens (including phenoxy) is 1. The van der Waals surface area contributed by atoms with Gasteiger partial charge in [-0.05, 0) is 122 Å². The molecule has 2 N–H and O–H groups in total. The molecule has 3 saturated heterocycles. The third kappa shape index (κ3) is 7.56. The van der Waals surface area contributed by atoms with Crippen LogP contribution in [0.1, 0.15) is 83.5 Å². The SMILES string of the molecule is COc1cc(N2CCN(CCC3CCN(c4ccc([C@@H]5c6ccc(O)cc6CC[C@@H]5C5C=CC=CC5)cc4)CC3)CC2)cc2c1C(=O)N(C1CCC(=O)NC1=O)C2. The minimum absolute atomic E-state index is 0.209. The van der Waals surface area contributed by atoms with E-state index in [4.69, 9.17) is 4.74 Å². The van der Waals surface area contributed by atoms with Gasteiger partial charge in [-0.1, -0.05) is 42.5 Å². The number of hydrogen-bond acceptors (Lipinski definition) is 8. The van der Waals surface area contributed by atoms with Gasteiger partial charge in [-0.3, -0.25) is 24.6 Å². The third-order valence-corrected chi connectivity index (χ3v) is 13.8. The number of phenols is 1. The Morgan fingerprint density at radius 1 is 0.807 bits per heavy atom. The standard InChI is InChI=1S/C47H55N5O5/c1-57-42-29-37(27-35-30-52(47(56)45(35)42)41-15-16-43(54)48-46(41)55)51-25-23-49(24-26-51)20-17-31-18-21-50(22-19-31)36-10-7-33(8-11-36)44-39(32-5-3-2-4-6-32)13-9-34-28-38(53)12-14-40(34)44/h2-5,7-8,10-12,14,27-29,31-32,39,41,44,53H,6,9,13,15-26,30H2,1H3,(H,48,54,55)/t32?,39-,41?,44+/m1/s1. The summed E-state index contributed by atoms with van der Waals surface area (Å²) in [6.45, 7) is 7.44. The first-order valence-electron chi connectivity index (χ1n) is 21.2. The van der Waals surface area contributed by atoms with Crippen LogP contribution in [0.2, 0.25) is 0 Å². The maximum atomic E-state index is 13.4. The molecule has 298 valence electrons. The van der Waals surface area contributed by atoms with Crippen LogP contribution in [0.25, 0.3) is 0 Å². The first-order chi connectivity index (χ1) is 27.8. The van der Waals surface area contributed by atoms with Crippen LogP contribution in [0, 0.1) is 17.8 Å². The number of hydrogen-bond donors (Lipinski definition) is 2. The van der Waals surface area contributed by atoms with Crippen LogP contribution in [0.15, 0.2) is 78.9 Å². The first-order valence-corrected chi connectivity index (χ1v) is 21.2. The summed E-state index contributed by atoms with van der Waals surface area (Å²) < 4.78 is 5.72. The monoisotopic (exact) mass is 769 g/mol. The number of aromatic hydroxyl groups is 1. The molecular formula is C47H55N5O5. The summed E-state index contributed by atoms with van der Waals surface area (Å²) >= 11 is 0. The third-order valence-electron chi connectivity index (χ3n) is 13.8. The first kappa shape index (κ1) is 37.5. The van der Waals surface area contributed by atoms with Crippen molar-refractivity contribution in [3.63, 3.8) is 0 Å². The number of nitrogens with zero attached hydrogens (tertiary/aromatic N) is 4. The fourth-order valence-corrected chi connectivity index (χ4v) is 10.6. The topological polar surface area (TPSA) is 106 Å². The Kier molecular flexibility index (Phi) is 10.6. The van der Waals surface area contributed by atoms with Gasteiger partial charge in [0.2, 0.25) is 11.8 Å². The molecule has 57 heavy (non-hydrogen) atoms. The minimum Gasteiger partial charge on any atom is -0.508 e. The summed E-state index contributed by atoms with van der Waals surface area (Å²) in [6.07, 6.45) is 16.6. The largest absolute Gasteiger partial charge is 0.508 e. The van der Waals surface area contributed by atoms with Crippen molar-refractivity contribution >= 4 is 29.1 Å². The number of carbonyl (C=O) groups excluding carboxylic acids is 3.